The zero-order valence-corrected chi connectivity index (χ0v) is 16.4. The van der Waals surface area contributed by atoms with Crippen LogP contribution in [0, 0.1) is 0 Å². The molecule has 7 nitrogen and oxygen atoms in total. The lowest BCUT2D eigenvalue weighted by Gasteiger charge is -2.43. The Morgan fingerprint density at radius 3 is 2.39 bits per heavy atom. The summed E-state index contributed by atoms with van der Waals surface area (Å²) in [6.45, 7) is 8.26. The fraction of sp³-hybridized carbons (Fsp3) is 0.381. The minimum Gasteiger partial charge on any atom is -0.483 e. The Balaban J connectivity index is 2.24. The molecule has 0 radical (unpaired) electrons. The zero-order valence-electron chi connectivity index (χ0n) is 16.4. The van der Waals surface area contributed by atoms with Gasteiger partial charge in [0.1, 0.15) is 16.9 Å². The minimum absolute atomic E-state index is 0.229. The van der Waals surface area contributed by atoms with Crippen molar-refractivity contribution in [3.8, 4) is 5.75 Å². The second-order valence-corrected chi connectivity index (χ2v) is 7.46. The van der Waals surface area contributed by atoms with Gasteiger partial charge in [0, 0.05) is 24.5 Å². The first-order valence-electron chi connectivity index (χ1n) is 8.87. The SMILES string of the molecule is CC(=O)O[C@H]1[C@@H](OC(=O)C=C(C)C)c2c(ccc3ccc(=O)oc23)OC1(C)C. The first-order chi connectivity index (χ1) is 13.1. The van der Waals surface area contributed by atoms with E-state index in [1.807, 2.05) is 0 Å². The summed E-state index contributed by atoms with van der Waals surface area (Å²) in [6.07, 6.45) is -0.614. The van der Waals surface area contributed by atoms with Gasteiger partial charge in [-0.25, -0.2) is 9.59 Å². The van der Waals surface area contributed by atoms with E-state index in [1.54, 1.807) is 45.9 Å². The molecular formula is C21H22O7. The maximum Gasteiger partial charge on any atom is 0.336 e. The maximum atomic E-state index is 12.4. The van der Waals surface area contributed by atoms with Gasteiger partial charge in [-0.2, -0.15) is 0 Å². The molecule has 0 spiro atoms. The van der Waals surface area contributed by atoms with Crippen molar-refractivity contribution in [2.24, 2.45) is 0 Å². The predicted molar refractivity (Wildman–Crippen MR) is 101 cm³/mol. The molecule has 0 saturated carbocycles. The van der Waals surface area contributed by atoms with Gasteiger partial charge in [0.25, 0.3) is 0 Å². The van der Waals surface area contributed by atoms with Crippen LogP contribution in [0.2, 0.25) is 0 Å². The first kappa shape index (κ1) is 19.7. The van der Waals surface area contributed by atoms with Crippen LogP contribution in [-0.4, -0.2) is 23.6 Å². The van der Waals surface area contributed by atoms with Crippen molar-refractivity contribution in [2.75, 3.05) is 0 Å². The van der Waals surface area contributed by atoms with Crippen LogP contribution < -0.4 is 10.4 Å². The van der Waals surface area contributed by atoms with Crippen LogP contribution in [0.3, 0.4) is 0 Å². The number of carbonyl (C=O) groups excluding carboxylic acids is 2. The monoisotopic (exact) mass is 386 g/mol. The highest BCUT2D eigenvalue weighted by molar-refractivity contribution is 5.86. The Labute approximate surface area is 161 Å². The molecule has 0 saturated heterocycles. The van der Waals surface area contributed by atoms with Gasteiger partial charge < -0.3 is 18.6 Å². The minimum atomic E-state index is -1.01. The van der Waals surface area contributed by atoms with Crippen LogP contribution in [0.25, 0.3) is 11.0 Å². The normalized spacial score (nSPS) is 19.9. The summed E-state index contributed by atoms with van der Waals surface area (Å²) in [7, 11) is 0. The summed E-state index contributed by atoms with van der Waals surface area (Å²) < 4.78 is 22.6. The Hall–Kier alpha value is -3.09. The summed E-state index contributed by atoms with van der Waals surface area (Å²) in [6, 6.07) is 6.37. The molecule has 1 aliphatic rings. The van der Waals surface area contributed by atoms with E-state index < -0.39 is 35.4 Å². The third-order valence-corrected chi connectivity index (χ3v) is 4.35. The van der Waals surface area contributed by atoms with E-state index in [2.05, 4.69) is 0 Å². The largest absolute Gasteiger partial charge is 0.483 e. The molecular weight excluding hydrogens is 364 g/mol. The van der Waals surface area contributed by atoms with Crippen LogP contribution in [0.4, 0.5) is 0 Å². The fourth-order valence-electron chi connectivity index (χ4n) is 3.25. The van der Waals surface area contributed by atoms with E-state index in [4.69, 9.17) is 18.6 Å². The molecule has 0 unspecified atom stereocenters. The van der Waals surface area contributed by atoms with E-state index in [9.17, 15) is 14.4 Å². The number of benzene rings is 1. The van der Waals surface area contributed by atoms with Crippen molar-refractivity contribution in [3.63, 3.8) is 0 Å². The predicted octanol–water partition coefficient (Wildman–Crippen LogP) is 3.45. The number of hydrogen-bond donors (Lipinski definition) is 0. The van der Waals surface area contributed by atoms with E-state index in [1.165, 1.54) is 19.1 Å². The van der Waals surface area contributed by atoms with Crippen LogP contribution in [-0.2, 0) is 19.1 Å². The zero-order chi connectivity index (χ0) is 20.6. The molecule has 2 heterocycles. The first-order valence-corrected chi connectivity index (χ1v) is 8.87. The highest BCUT2D eigenvalue weighted by atomic mass is 16.6. The van der Waals surface area contributed by atoms with E-state index >= 15 is 0 Å². The molecule has 0 aliphatic carbocycles. The maximum absolute atomic E-state index is 12.4. The summed E-state index contributed by atoms with van der Waals surface area (Å²) in [5.41, 5.74) is -0.199. The van der Waals surface area contributed by atoms with Crippen molar-refractivity contribution >= 4 is 22.9 Å². The van der Waals surface area contributed by atoms with Crippen molar-refractivity contribution in [3.05, 3.63) is 51.9 Å². The van der Waals surface area contributed by atoms with Crippen molar-refractivity contribution < 1.29 is 28.2 Å². The van der Waals surface area contributed by atoms with Gasteiger partial charge >= 0.3 is 17.6 Å². The summed E-state index contributed by atoms with van der Waals surface area (Å²) in [4.78, 5) is 36.0. The van der Waals surface area contributed by atoms with Crippen LogP contribution in [0.15, 0.2) is 45.1 Å². The molecule has 0 bridgehead atoms. The van der Waals surface area contributed by atoms with Gasteiger partial charge in [-0.15, -0.1) is 0 Å². The van der Waals surface area contributed by atoms with Gasteiger partial charge in [0.15, 0.2) is 12.2 Å². The molecule has 2 aromatic rings. The lowest BCUT2D eigenvalue weighted by atomic mass is 9.87. The quantitative estimate of drug-likeness (QED) is 0.453. The molecule has 1 aromatic heterocycles. The number of esters is 2. The number of fused-ring (bicyclic) bond motifs is 3. The average molecular weight is 386 g/mol. The summed E-state index contributed by atoms with van der Waals surface area (Å²) in [5.74, 6) is -0.749. The molecule has 3 rings (SSSR count). The van der Waals surface area contributed by atoms with Gasteiger partial charge in [0.05, 0.1) is 5.56 Å². The van der Waals surface area contributed by atoms with Crippen molar-refractivity contribution in [2.45, 2.75) is 52.4 Å². The second-order valence-electron chi connectivity index (χ2n) is 7.46. The average Bonchev–Trinajstić information content (AvgIpc) is 2.56. The molecule has 7 heteroatoms. The smallest absolute Gasteiger partial charge is 0.336 e. The van der Waals surface area contributed by atoms with Crippen LogP contribution >= 0.6 is 0 Å². The summed E-state index contributed by atoms with van der Waals surface area (Å²) >= 11 is 0. The second kappa shape index (κ2) is 7.14. The number of allylic oxidation sites excluding steroid dienone is 1. The van der Waals surface area contributed by atoms with Crippen LogP contribution in [0.1, 0.15) is 46.3 Å². The molecule has 148 valence electrons. The fourth-order valence-corrected chi connectivity index (χ4v) is 3.25. The molecule has 1 aliphatic heterocycles. The molecule has 0 N–H and O–H groups in total. The van der Waals surface area contributed by atoms with Gasteiger partial charge in [0.2, 0.25) is 0 Å². The van der Waals surface area contributed by atoms with Gasteiger partial charge in [-0.1, -0.05) is 5.57 Å². The van der Waals surface area contributed by atoms with E-state index in [0.717, 1.165) is 5.57 Å². The number of carbonyl (C=O) groups is 2. The Bertz CT molecular complexity index is 1020. The lowest BCUT2D eigenvalue weighted by Crippen LogP contribution is -2.52. The molecule has 2 atom stereocenters. The molecule has 0 amide bonds. The van der Waals surface area contributed by atoms with Gasteiger partial charge in [-0.3, -0.25) is 4.79 Å². The molecule has 28 heavy (non-hydrogen) atoms. The topological polar surface area (TPSA) is 92.0 Å². The third-order valence-electron chi connectivity index (χ3n) is 4.35. The Morgan fingerprint density at radius 1 is 1.07 bits per heavy atom. The van der Waals surface area contributed by atoms with E-state index in [-0.39, 0.29) is 5.58 Å². The third kappa shape index (κ3) is 3.78. The highest BCUT2D eigenvalue weighted by Crippen LogP contribution is 2.46. The Morgan fingerprint density at radius 2 is 1.75 bits per heavy atom. The Kier molecular flexibility index (Phi) is 5.02. The number of hydrogen-bond acceptors (Lipinski definition) is 7. The lowest BCUT2D eigenvalue weighted by molar-refractivity contribution is -0.186. The van der Waals surface area contributed by atoms with Crippen LogP contribution in [0.5, 0.6) is 5.75 Å². The van der Waals surface area contributed by atoms with Crippen molar-refractivity contribution in [1.29, 1.82) is 0 Å². The molecule has 1 aromatic carbocycles. The summed E-state index contributed by atoms with van der Waals surface area (Å²) in [5, 5.41) is 0.631. The number of ether oxygens (including phenoxy) is 3. The van der Waals surface area contributed by atoms with Crippen molar-refractivity contribution in [1.82, 2.24) is 0 Å². The molecule has 0 fully saturated rings. The highest BCUT2D eigenvalue weighted by Gasteiger charge is 2.49. The number of rotatable bonds is 3. The standard InChI is InChI=1S/C21H22O7/c1-11(2)10-16(24)27-19-17-14(28-21(4,5)20(19)25-12(3)22)8-6-13-7-9-15(23)26-18(13)17/h6-10,19-20H,1-5H3/t19-,20-/m0/s1. The van der Waals surface area contributed by atoms with E-state index in [0.29, 0.717) is 16.7 Å². The van der Waals surface area contributed by atoms with Gasteiger partial charge in [-0.05, 0) is 45.9 Å².